The van der Waals surface area contributed by atoms with Gasteiger partial charge in [0.1, 0.15) is 11.9 Å². The van der Waals surface area contributed by atoms with E-state index < -0.39 is 0 Å². The molecule has 1 unspecified atom stereocenters. The van der Waals surface area contributed by atoms with Crippen molar-refractivity contribution in [3.8, 4) is 6.07 Å². The Morgan fingerprint density at radius 3 is 2.81 bits per heavy atom. The van der Waals surface area contributed by atoms with Crippen LogP contribution in [0.25, 0.3) is 0 Å². The highest BCUT2D eigenvalue weighted by molar-refractivity contribution is 5.54. The second kappa shape index (κ2) is 6.91. The topological polar surface area (TPSA) is 43.2 Å². The molecule has 0 aliphatic carbocycles. The largest absolute Gasteiger partial charge is 0.357 e. The Kier molecular flexibility index (Phi) is 5.19. The van der Waals surface area contributed by atoms with Crippen LogP contribution in [-0.4, -0.2) is 43.1 Å². The molecule has 4 heteroatoms. The first-order chi connectivity index (χ1) is 10.0. The first-order valence-electron chi connectivity index (χ1n) is 7.85. The molecule has 0 N–H and O–H groups in total. The van der Waals surface area contributed by atoms with Gasteiger partial charge in [0.15, 0.2) is 0 Å². The number of hydrogen-bond acceptors (Lipinski definition) is 4. The third-order valence-corrected chi connectivity index (χ3v) is 4.38. The van der Waals surface area contributed by atoms with Gasteiger partial charge in [0.25, 0.3) is 0 Å². The van der Waals surface area contributed by atoms with E-state index in [-0.39, 0.29) is 0 Å². The van der Waals surface area contributed by atoms with Gasteiger partial charge in [-0.15, -0.1) is 0 Å². The average Bonchev–Trinajstić information content (AvgIpc) is 2.48. The summed E-state index contributed by atoms with van der Waals surface area (Å²) in [5.41, 5.74) is 1.72. The molecule has 1 fully saturated rings. The zero-order valence-corrected chi connectivity index (χ0v) is 13.6. The fourth-order valence-electron chi connectivity index (χ4n) is 2.94. The van der Waals surface area contributed by atoms with E-state index in [4.69, 9.17) is 4.98 Å². The maximum absolute atomic E-state index is 9.33. The normalized spacial score (nSPS) is 19.5. The second-order valence-electron chi connectivity index (χ2n) is 6.38. The van der Waals surface area contributed by atoms with Crippen molar-refractivity contribution in [2.24, 2.45) is 0 Å². The van der Waals surface area contributed by atoms with Crippen molar-refractivity contribution in [2.75, 3.05) is 32.1 Å². The summed E-state index contributed by atoms with van der Waals surface area (Å²) in [6.07, 6.45) is 3.82. The molecule has 1 atom stereocenters. The van der Waals surface area contributed by atoms with Gasteiger partial charge >= 0.3 is 0 Å². The summed E-state index contributed by atoms with van der Waals surface area (Å²) in [4.78, 5) is 9.30. The van der Waals surface area contributed by atoms with E-state index in [1.165, 1.54) is 25.8 Å². The molecular formula is C17H26N4. The highest BCUT2D eigenvalue weighted by Gasteiger charge is 2.22. The quantitative estimate of drug-likeness (QED) is 0.853. The summed E-state index contributed by atoms with van der Waals surface area (Å²) >= 11 is 0. The molecule has 0 saturated carbocycles. The maximum Gasteiger partial charge on any atom is 0.146 e. The zero-order chi connectivity index (χ0) is 15.4. The van der Waals surface area contributed by atoms with Crippen molar-refractivity contribution >= 4 is 5.82 Å². The molecule has 21 heavy (non-hydrogen) atoms. The number of pyridine rings is 1. The van der Waals surface area contributed by atoms with E-state index in [0.717, 1.165) is 18.1 Å². The minimum absolute atomic E-state index is 0.377. The first-order valence-corrected chi connectivity index (χ1v) is 7.85. The number of nitriles is 1. The Balaban J connectivity index is 2.19. The van der Waals surface area contributed by atoms with Crippen LogP contribution < -0.4 is 4.90 Å². The van der Waals surface area contributed by atoms with Crippen LogP contribution in [0.4, 0.5) is 5.82 Å². The predicted octanol–water partition coefficient (Wildman–Crippen LogP) is 3.00. The molecule has 1 aromatic heterocycles. The van der Waals surface area contributed by atoms with Crippen molar-refractivity contribution in [3.63, 3.8) is 0 Å². The van der Waals surface area contributed by atoms with E-state index >= 15 is 0 Å². The van der Waals surface area contributed by atoms with Gasteiger partial charge in [0.05, 0.1) is 5.56 Å². The molecule has 2 heterocycles. The fraction of sp³-hybridized carbons (Fsp3) is 0.647. The molecule has 114 valence electrons. The molecule has 0 amide bonds. The number of aromatic nitrogens is 1. The Bertz CT molecular complexity index is 518. The van der Waals surface area contributed by atoms with Crippen molar-refractivity contribution in [3.05, 3.63) is 23.4 Å². The van der Waals surface area contributed by atoms with Crippen LogP contribution in [0.2, 0.25) is 0 Å². The van der Waals surface area contributed by atoms with Crippen LogP contribution in [0.15, 0.2) is 12.1 Å². The van der Waals surface area contributed by atoms with Crippen molar-refractivity contribution in [1.82, 2.24) is 9.88 Å². The molecule has 1 aliphatic rings. The minimum Gasteiger partial charge on any atom is -0.357 e. The molecule has 0 spiro atoms. The Morgan fingerprint density at radius 1 is 1.43 bits per heavy atom. The highest BCUT2D eigenvalue weighted by atomic mass is 15.2. The van der Waals surface area contributed by atoms with Crippen molar-refractivity contribution < 1.29 is 0 Å². The summed E-state index contributed by atoms with van der Waals surface area (Å²) in [6, 6.07) is 6.70. The second-order valence-corrected chi connectivity index (χ2v) is 6.38. The van der Waals surface area contributed by atoms with Crippen LogP contribution in [0.1, 0.15) is 50.3 Å². The van der Waals surface area contributed by atoms with Gasteiger partial charge in [-0.3, -0.25) is 0 Å². The van der Waals surface area contributed by atoms with Gasteiger partial charge < -0.3 is 9.80 Å². The zero-order valence-electron chi connectivity index (χ0n) is 13.6. The molecule has 1 saturated heterocycles. The Hall–Kier alpha value is -1.60. The molecule has 0 radical (unpaired) electrons. The standard InChI is InChI=1S/C17H26N4/c1-13(2)16-9-8-14(11-18)17(19-16)21(4)12-15-7-5-6-10-20(15)3/h8-9,13,15H,5-7,10,12H2,1-4H3. The number of hydrogen-bond donors (Lipinski definition) is 0. The van der Waals surface area contributed by atoms with E-state index in [1.54, 1.807) is 0 Å². The third-order valence-electron chi connectivity index (χ3n) is 4.38. The highest BCUT2D eigenvalue weighted by Crippen LogP contribution is 2.23. The summed E-state index contributed by atoms with van der Waals surface area (Å²) in [5.74, 6) is 1.20. The Labute approximate surface area is 128 Å². The SMILES string of the molecule is CC(C)c1ccc(C#N)c(N(C)CC2CCCCN2C)n1. The number of nitrogens with zero attached hydrogens (tertiary/aromatic N) is 4. The van der Waals surface area contributed by atoms with Crippen LogP contribution in [0.3, 0.4) is 0 Å². The summed E-state index contributed by atoms with van der Waals surface area (Å²) < 4.78 is 0. The molecule has 1 aliphatic heterocycles. The number of rotatable bonds is 4. The Morgan fingerprint density at radius 2 is 2.19 bits per heavy atom. The van der Waals surface area contributed by atoms with E-state index in [1.807, 2.05) is 12.1 Å². The average molecular weight is 286 g/mol. The van der Waals surface area contributed by atoms with Crippen LogP contribution in [0, 0.1) is 11.3 Å². The lowest BCUT2D eigenvalue weighted by molar-refractivity contribution is 0.189. The first kappa shape index (κ1) is 15.8. The molecular weight excluding hydrogens is 260 g/mol. The maximum atomic E-state index is 9.33. The predicted molar refractivity (Wildman–Crippen MR) is 86.6 cm³/mol. The number of piperidine rings is 1. The number of likely N-dealkylation sites (tertiary alicyclic amines) is 1. The lowest BCUT2D eigenvalue weighted by Gasteiger charge is -2.35. The fourth-order valence-corrected chi connectivity index (χ4v) is 2.94. The minimum atomic E-state index is 0.377. The molecule has 2 rings (SSSR count). The van der Waals surface area contributed by atoms with Crippen LogP contribution in [0.5, 0.6) is 0 Å². The number of likely N-dealkylation sites (N-methyl/N-ethyl adjacent to an activating group) is 2. The summed E-state index contributed by atoms with van der Waals surface area (Å²) in [6.45, 7) is 6.36. The lowest BCUT2D eigenvalue weighted by Crippen LogP contribution is -2.44. The van der Waals surface area contributed by atoms with Gasteiger partial charge in [0, 0.05) is 25.3 Å². The number of anilines is 1. The van der Waals surface area contributed by atoms with Crippen molar-refractivity contribution in [1.29, 1.82) is 5.26 Å². The third kappa shape index (κ3) is 3.74. The monoisotopic (exact) mass is 286 g/mol. The smallest absolute Gasteiger partial charge is 0.146 e. The van der Waals surface area contributed by atoms with Gasteiger partial charge in [-0.05, 0) is 44.5 Å². The van der Waals surface area contributed by atoms with Gasteiger partial charge in [-0.25, -0.2) is 4.98 Å². The van der Waals surface area contributed by atoms with Gasteiger partial charge in [-0.1, -0.05) is 20.3 Å². The van der Waals surface area contributed by atoms with Gasteiger partial charge in [-0.2, -0.15) is 5.26 Å². The van der Waals surface area contributed by atoms with E-state index in [2.05, 4.69) is 43.8 Å². The molecule has 1 aromatic rings. The molecule has 0 aromatic carbocycles. The van der Waals surface area contributed by atoms with Crippen LogP contribution in [-0.2, 0) is 0 Å². The van der Waals surface area contributed by atoms with Gasteiger partial charge in [0.2, 0.25) is 0 Å². The molecule has 0 bridgehead atoms. The summed E-state index contributed by atoms with van der Waals surface area (Å²) in [7, 11) is 4.25. The van der Waals surface area contributed by atoms with Crippen LogP contribution >= 0.6 is 0 Å². The molecule has 4 nitrogen and oxygen atoms in total. The summed E-state index contributed by atoms with van der Waals surface area (Å²) in [5, 5.41) is 9.33. The lowest BCUT2D eigenvalue weighted by atomic mass is 10.0. The van der Waals surface area contributed by atoms with E-state index in [0.29, 0.717) is 17.5 Å². The van der Waals surface area contributed by atoms with E-state index in [9.17, 15) is 5.26 Å². The van der Waals surface area contributed by atoms with Crippen molar-refractivity contribution in [2.45, 2.75) is 45.1 Å².